The molecule has 0 spiro atoms. The van der Waals surface area contributed by atoms with E-state index in [-0.39, 0.29) is 59.0 Å². The van der Waals surface area contributed by atoms with Crippen molar-refractivity contribution in [3.8, 4) is 23.0 Å². The van der Waals surface area contributed by atoms with Crippen molar-refractivity contribution in [2.45, 2.75) is 89.3 Å². The monoisotopic (exact) mass is 652 g/mol. The number of hydrogen-bond donors (Lipinski definition) is 2. The molecule has 3 aromatic rings. The summed E-state index contributed by atoms with van der Waals surface area (Å²) in [5.74, 6) is 0.0755. The summed E-state index contributed by atoms with van der Waals surface area (Å²) in [5.41, 5.74) is 1.32. The topological polar surface area (TPSA) is 113 Å². The number of ether oxygens (including phenoxy) is 2. The highest BCUT2D eigenvalue weighted by molar-refractivity contribution is 6.32. The number of carbonyl (C=O) groups is 1. The Bertz CT molecular complexity index is 1650. The molecule has 46 heavy (non-hydrogen) atoms. The molecule has 3 unspecified atom stereocenters. The number of amides is 1. The average Bonchev–Trinajstić information content (AvgIpc) is 3.30. The number of rotatable bonds is 3. The number of nitrogens with zero attached hydrogens (tertiary/aromatic N) is 5. The van der Waals surface area contributed by atoms with E-state index in [1.165, 1.54) is 12.1 Å². The van der Waals surface area contributed by atoms with Crippen molar-refractivity contribution < 1.29 is 23.8 Å². The summed E-state index contributed by atoms with van der Waals surface area (Å²) in [5, 5.41) is 14.3. The number of phenols is 1. The van der Waals surface area contributed by atoms with E-state index in [9.17, 15) is 9.90 Å². The third-order valence-electron chi connectivity index (χ3n) is 10.5. The van der Waals surface area contributed by atoms with E-state index in [0.29, 0.717) is 47.8 Å². The Morgan fingerprint density at radius 3 is 2.76 bits per heavy atom. The SMILES string of the molecule is CC.C[C@@H]1CC2CN1c1nc(OCC34CCCN3CCC4)nc3c(F)c(ncc13)-c1cc(O)cc(Cl)c1C1CC1CCOC(=O)N2. The molecule has 246 valence electrons. The highest BCUT2D eigenvalue weighted by Crippen LogP contribution is 2.55. The highest BCUT2D eigenvalue weighted by atomic mass is 35.5. The summed E-state index contributed by atoms with van der Waals surface area (Å²) < 4.78 is 28.7. The maximum Gasteiger partial charge on any atom is 0.407 e. The second-order valence-corrected chi connectivity index (χ2v) is 13.6. The molecule has 6 bridgehead atoms. The van der Waals surface area contributed by atoms with Crippen LogP contribution in [0.1, 0.15) is 77.2 Å². The lowest BCUT2D eigenvalue weighted by atomic mass is 9.95. The third kappa shape index (κ3) is 5.49. The van der Waals surface area contributed by atoms with Crippen LogP contribution in [0.5, 0.6) is 11.8 Å². The predicted molar refractivity (Wildman–Crippen MR) is 174 cm³/mol. The molecule has 2 aromatic heterocycles. The van der Waals surface area contributed by atoms with E-state index in [2.05, 4.69) is 32.0 Å². The molecule has 9 rings (SSSR count). The number of aromatic hydroxyl groups is 1. The van der Waals surface area contributed by atoms with Gasteiger partial charge in [-0.2, -0.15) is 9.97 Å². The first-order valence-electron chi connectivity index (χ1n) is 16.8. The zero-order chi connectivity index (χ0) is 32.2. The Hall–Kier alpha value is -3.44. The van der Waals surface area contributed by atoms with Gasteiger partial charge in [-0.1, -0.05) is 25.4 Å². The average molecular weight is 653 g/mol. The van der Waals surface area contributed by atoms with Crippen LogP contribution in [0.3, 0.4) is 0 Å². The molecule has 6 aliphatic rings. The molecule has 10 nitrogen and oxygen atoms in total. The van der Waals surface area contributed by atoms with Crippen LogP contribution in [0, 0.1) is 11.7 Å². The normalized spacial score (nSPS) is 26.5. The molecule has 1 amide bonds. The molecule has 0 radical (unpaired) electrons. The predicted octanol–water partition coefficient (Wildman–Crippen LogP) is 6.42. The first kappa shape index (κ1) is 31.2. The van der Waals surface area contributed by atoms with Crippen LogP contribution in [0.15, 0.2) is 18.3 Å². The van der Waals surface area contributed by atoms with Gasteiger partial charge in [-0.15, -0.1) is 0 Å². The van der Waals surface area contributed by atoms with Crippen molar-refractivity contribution in [3.05, 3.63) is 34.7 Å². The summed E-state index contributed by atoms with van der Waals surface area (Å²) in [6, 6.07) is 2.95. The van der Waals surface area contributed by atoms with Gasteiger partial charge in [-0.05, 0) is 94.5 Å². The van der Waals surface area contributed by atoms with Gasteiger partial charge in [0.05, 0.1) is 23.6 Å². The van der Waals surface area contributed by atoms with Gasteiger partial charge in [0.2, 0.25) is 0 Å². The summed E-state index contributed by atoms with van der Waals surface area (Å²) in [7, 11) is 0. The standard InChI is InChI=1S/C32H36ClFN6O4.C2H6/c1-17-10-19-15-40(17)29-23-14-35-27(22-12-20(41)13-24(33)25(22)21-11-18(21)4-9-43-31(42)36-19)26(34)28(23)37-30(38-29)44-16-32-5-2-7-39(32)8-3-6-32;1-2/h12-14,17-19,21,41H,2-11,15-16H2,1H3,(H,36,42);1-2H3/t17-,18?,19?,21?;/m1./s1. The van der Waals surface area contributed by atoms with Crippen LogP contribution in [0.2, 0.25) is 5.02 Å². The number of pyridine rings is 1. The molecular formula is C34H42ClFN6O4. The Kier molecular flexibility index (Phi) is 8.33. The van der Waals surface area contributed by atoms with Gasteiger partial charge in [0.25, 0.3) is 0 Å². The first-order valence-corrected chi connectivity index (χ1v) is 17.1. The molecule has 4 atom stereocenters. The fourth-order valence-corrected chi connectivity index (χ4v) is 8.55. The van der Waals surface area contributed by atoms with Crippen molar-refractivity contribution in [1.82, 2.24) is 25.2 Å². The minimum absolute atomic E-state index is 0.00433. The molecule has 1 aliphatic carbocycles. The lowest BCUT2D eigenvalue weighted by Crippen LogP contribution is -2.43. The van der Waals surface area contributed by atoms with Crippen molar-refractivity contribution in [1.29, 1.82) is 0 Å². The van der Waals surface area contributed by atoms with Crippen LogP contribution >= 0.6 is 11.6 Å². The molecule has 4 fully saturated rings. The van der Waals surface area contributed by atoms with Gasteiger partial charge in [0.15, 0.2) is 5.82 Å². The number of aromatic nitrogens is 3. The Balaban J connectivity index is 0.00000166. The molecule has 7 heterocycles. The number of hydrogen-bond acceptors (Lipinski definition) is 9. The quantitative estimate of drug-likeness (QED) is 0.331. The molecule has 12 heteroatoms. The van der Waals surface area contributed by atoms with Crippen molar-refractivity contribution in [3.63, 3.8) is 0 Å². The van der Waals surface area contributed by atoms with Gasteiger partial charge < -0.3 is 24.8 Å². The van der Waals surface area contributed by atoms with E-state index in [0.717, 1.165) is 50.8 Å². The Morgan fingerprint density at radius 1 is 1.20 bits per heavy atom. The van der Waals surface area contributed by atoms with E-state index in [1.54, 1.807) is 6.20 Å². The van der Waals surface area contributed by atoms with Crippen molar-refractivity contribution in [2.24, 2.45) is 5.92 Å². The smallest absolute Gasteiger partial charge is 0.407 e. The third-order valence-corrected chi connectivity index (χ3v) is 10.8. The van der Waals surface area contributed by atoms with Gasteiger partial charge >= 0.3 is 12.1 Å². The molecule has 1 aromatic carbocycles. The van der Waals surface area contributed by atoms with Crippen molar-refractivity contribution >= 4 is 34.4 Å². The van der Waals surface area contributed by atoms with Crippen LogP contribution in [-0.4, -0.2) is 81.5 Å². The van der Waals surface area contributed by atoms with E-state index >= 15 is 4.39 Å². The highest BCUT2D eigenvalue weighted by Gasteiger charge is 2.45. The maximum absolute atomic E-state index is 16.8. The Morgan fingerprint density at radius 2 is 1.98 bits per heavy atom. The number of alkyl carbamates (subject to hydrolysis) is 1. The number of nitrogens with one attached hydrogen (secondary N) is 1. The second kappa shape index (κ2) is 12.3. The lowest BCUT2D eigenvalue weighted by Gasteiger charge is -2.31. The maximum atomic E-state index is 16.8. The summed E-state index contributed by atoms with van der Waals surface area (Å²) >= 11 is 6.69. The number of phenolic OH excluding ortho intramolecular Hbond substituents is 1. The number of halogens is 2. The fourth-order valence-electron chi connectivity index (χ4n) is 8.19. The van der Waals surface area contributed by atoms with Gasteiger partial charge in [0, 0.05) is 29.4 Å². The summed E-state index contributed by atoms with van der Waals surface area (Å²) in [6.07, 6.45) is 7.70. The molecule has 5 aliphatic heterocycles. The number of anilines is 1. The minimum Gasteiger partial charge on any atom is -0.508 e. The van der Waals surface area contributed by atoms with E-state index in [4.69, 9.17) is 26.1 Å². The molecule has 2 N–H and O–H groups in total. The van der Waals surface area contributed by atoms with Gasteiger partial charge in [-0.3, -0.25) is 9.88 Å². The molecule has 3 saturated heterocycles. The van der Waals surface area contributed by atoms with E-state index in [1.807, 2.05) is 13.8 Å². The summed E-state index contributed by atoms with van der Waals surface area (Å²) in [4.78, 5) is 31.4. The minimum atomic E-state index is -0.609. The van der Waals surface area contributed by atoms with Gasteiger partial charge in [0.1, 0.15) is 29.4 Å². The Labute approximate surface area is 273 Å². The fraction of sp³-hybridized carbons (Fsp3) is 0.588. The lowest BCUT2D eigenvalue weighted by molar-refractivity contribution is 0.108. The van der Waals surface area contributed by atoms with Crippen LogP contribution in [0.25, 0.3) is 22.2 Å². The second-order valence-electron chi connectivity index (χ2n) is 13.2. The zero-order valence-electron chi connectivity index (χ0n) is 26.7. The van der Waals surface area contributed by atoms with Gasteiger partial charge in [-0.25, -0.2) is 9.18 Å². The van der Waals surface area contributed by atoms with Crippen LogP contribution in [0.4, 0.5) is 15.0 Å². The van der Waals surface area contributed by atoms with Crippen LogP contribution in [-0.2, 0) is 4.74 Å². The van der Waals surface area contributed by atoms with E-state index < -0.39 is 11.9 Å². The first-order chi connectivity index (χ1) is 22.3. The van der Waals surface area contributed by atoms with Crippen molar-refractivity contribution in [2.75, 3.05) is 37.7 Å². The zero-order valence-corrected chi connectivity index (χ0v) is 27.4. The molecule has 1 saturated carbocycles. The number of benzene rings is 1. The molecular weight excluding hydrogens is 611 g/mol. The number of fused-ring (bicyclic) bond motifs is 6. The number of carbonyl (C=O) groups excluding carboxylic acids is 1. The summed E-state index contributed by atoms with van der Waals surface area (Å²) in [6.45, 7) is 9.37. The largest absolute Gasteiger partial charge is 0.508 e. The van der Waals surface area contributed by atoms with Crippen LogP contribution < -0.4 is 15.0 Å².